The van der Waals surface area contributed by atoms with Gasteiger partial charge in [-0.1, -0.05) is 6.07 Å². The highest BCUT2D eigenvalue weighted by atomic mass is 16.5. The molecule has 4 rings (SSSR count). The molecular weight excluding hydrogens is 358 g/mol. The predicted octanol–water partition coefficient (Wildman–Crippen LogP) is 1.62. The van der Waals surface area contributed by atoms with Crippen molar-refractivity contribution in [3.05, 3.63) is 41.6 Å². The van der Waals surface area contributed by atoms with Gasteiger partial charge < -0.3 is 15.2 Å². The molecule has 0 aliphatic carbocycles. The molecule has 28 heavy (non-hydrogen) atoms. The van der Waals surface area contributed by atoms with Crippen molar-refractivity contribution in [2.24, 2.45) is 7.05 Å². The number of hydrogen-bond donors (Lipinski definition) is 2. The van der Waals surface area contributed by atoms with Gasteiger partial charge in [0.1, 0.15) is 5.69 Å². The van der Waals surface area contributed by atoms with Crippen LogP contribution in [0.5, 0.6) is 0 Å². The van der Waals surface area contributed by atoms with Gasteiger partial charge in [-0.2, -0.15) is 5.10 Å². The number of amides is 1. The number of ether oxygens (including phenoxy) is 1. The number of aliphatic hydroxyl groups excluding tert-OH is 1. The van der Waals surface area contributed by atoms with E-state index in [9.17, 15) is 9.90 Å². The Kier molecular flexibility index (Phi) is 4.91. The summed E-state index contributed by atoms with van der Waals surface area (Å²) in [5.74, 6) is 0.121. The molecule has 4 heterocycles. The summed E-state index contributed by atoms with van der Waals surface area (Å²) < 4.78 is 9.12. The van der Waals surface area contributed by atoms with Crippen LogP contribution in [-0.4, -0.2) is 55.5 Å². The minimum atomic E-state index is -0.229. The fourth-order valence-corrected chi connectivity index (χ4v) is 3.89. The van der Waals surface area contributed by atoms with E-state index >= 15 is 0 Å². The van der Waals surface area contributed by atoms with Crippen molar-refractivity contribution in [3.63, 3.8) is 0 Å². The van der Waals surface area contributed by atoms with Crippen molar-refractivity contribution in [2.45, 2.75) is 38.8 Å². The van der Waals surface area contributed by atoms with E-state index in [4.69, 9.17) is 9.72 Å². The quantitative estimate of drug-likeness (QED) is 0.714. The number of aryl methyl sites for hydroxylation is 2. The molecule has 1 aliphatic rings. The molecule has 1 aliphatic heterocycles. The van der Waals surface area contributed by atoms with Gasteiger partial charge in [0.15, 0.2) is 0 Å². The number of nitrogens with zero attached hydrogens (tertiary/aromatic N) is 4. The van der Waals surface area contributed by atoms with Gasteiger partial charge in [0.25, 0.3) is 5.91 Å². The molecular formula is C20H25N5O3. The first-order valence-electron chi connectivity index (χ1n) is 9.50. The van der Waals surface area contributed by atoms with Gasteiger partial charge in [-0.15, -0.1) is 0 Å². The molecule has 1 amide bonds. The number of imidazole rings is 1. The second kappa shape index (κ2) is 7.37. The minimum absolute atomic E-state index is 0.0393. The van der Waals surface area contributed by atoms with E-state index in [1.54, 1.807) is 0 Å². The first-order valence-corrected chi connectivity index (χ1v) is 9.50. The van der Waals surface area contributed by atoms with Gasteiger partial charge in [0, 0.05) is 37.2 Å². The number of hydrogen-bond acceptors (Lipinski definition) is 5. The monoisotopic (exact) mass is 383 g/mol. The number of rotatable bonds is 4. The second-order valence-corrected chi connectivity index (χ2v) is 7.28. The SMILES string of the molecule is Cc1nn(C)c(C)c1-c1nc(C(=O)NC2CCOC(CO)C2)n2ccccc12. The molecule has 2 unspecified atom stereocenters. The largest absolute Gasteiger partial charge is 0.394 e. The number of nitrogens with one attached hydrogen (secondary N) is 1. The van der Waals surface area contributed by atoms with Crippen molar-refractivity contribution >= 4 is 11.4 Å². The lowest BCUT2D eigenvalue weighted by atomic mass is 10.0. The van der Waals surface area contributed by atoms with Crippen LogP contribution >= 0.6 is 0 Å². The second-order valence-electron chi connectivity index (χ2n) is 7.28. The van der Waals surface area contributed by atoms with Gasteiger partial charge in [0.2, 0.25) is 5.82 Å². The Hall–Kier alpha value is -2.71. The van der Waals surface area contributed by atoms with Gasteiger partial charge in [0.05, 0.1) is 23.9 Å². The average molecular weight is 383 g/mol. The van der Waals surface area contributed by atoms with Crippen molar-refractivity contribution in [2.75, 3.05) is 13.2 Å². The summed E-state index contributed by atoms with van der Waals surface area (Å²) in [6, 6.07) is 5.74. The maximum atomic E-state index is 13.0. The first-order chi connectivity index (χ1) is 13.5. The third-order valence-corrected chi connectivity index (χ3v) is 5.40. The van der Waals surface area contributed by atoms with Crippen LogP contribution < -0.4 is 5.32 Å². The lowest BCUT2D eigenvalue weighted by Gasteiger charge is -2.28. The molecule has 0 bridgehead atoms. The zero-order valence-corrected chi connectivity index (χ0v) is 16.3. The zero-order chi connectivity index (χ0) is 19.8. The van der Waals surface area contributed by atoms with E-state index < -0.39 is 0 Å². The fourth-order valence-electron chi connectivity index (χ4n) is 3.89. The molecule has 3 aromatic rings. The molecule has 0 radical (unpaired) electrons. The maximum Gasteiger partial charge on any atom is 0.287 e. The van der Waals surface area contributed by atoms with E-state index in [0.29, 0.717) is 18.9 Å². The van der Waals surface area contributed by atoms with E-state index in [-0.39, 0.29) is 24.7 Å². The van der Waals surface area contributed by atoms with Crippen molar-refractivity contribution < 1.29 is 14.6 Å². The van der Waals surface area contributed by atoms with Crippen LogP contribution in [0.1, 0.15) is 34.8 Å². The summed E-state index contributed by atoms with van der Waals surface area (Å²) in [5.41, 5.74) is 4.47. The van der Waals surface area contributed by atoms with Crippen LogP contribution in [0.3, 0.4) is 0 Å². The highest BCUT2D eigenvalue weighted by Crippen LogP contribution is 2.30. The topological polar surface area (TPSA) is 93.7 Å². The lowest BCUT2D eigenvalue weighted by molar-refractivity contribution is -0.0278. The zero-order valence-electron chi connectivity index (χ0n) is 16.3. The fraction of sp³-hybridized carbons (Fsp3) is 0.450. The molecule has 1 fully saturated rings. The van der Waals surface area contributed by atoms with Gasteiger partial charge in [-0.3, -0.25) is 13.9 Å². The van der Waals surface area contributed by atoms with Gasteiger partial charge in [-0.05, 0) is 38.8 Å². The van der Waals surface area contributed by atoms with E-state index in [1.165, 1.54) is 0 Å². The molecule has 1 saturated heterocycles. The number of pyridine rings is 1. The van der Waals surface area contributed by atoms with Crippen LogP contribution in [-0.2, 0) is 11.8 Å². The van der Waals surface area contributed by atoms with Crippen LogP contribution in [0.4, 0.5) is 0 Å². The van der Waals surface area contributed by atoms with Crippen molar-refractivity contribution in [1.29, 1.82) is 0 Å². The van der Waals surface area contributed by atoms with E-state index in [1.807, 2.05) is 54.4 Å². The highest BCUT2D eigenvalue weighted by molar-refractivity contribution is 5.95. The third-order valence-electron chi connectivity index (χ3n) is 5.40. The Bertz CT molecular complexity index is 1020. The van der Waals surface area contributed by atoms with Crippen molar-refractivity contribution in [3.8, 4) is 11.3 Å². The number of aromatic nitrogens is 4. The smallest absolute Gasteiger partial charge is 0.287 e. The van der Waals surface area contributed by atoms with E-state index in [2.05, 4.69) is 10.4 Å². The van der Waals surface area contributed by atoms with Crippen LogP contribution in [0, 0.1) is 13.8 Å². The number of fused-ring (bicyclic) bond motifs is 1. The van der Waals surface area contributed by atoms with Gasteiger partial charge >= 0.3 is 0 Å². The molecule has 8 heteroatoms. The summed E-state index contributed by atoms with van der Waals surface area (Å²) in [6.07, 6.45) is 2.94. The summed E-state index contributed by atoms with van der Waals surface area (Å²) >= 11 is 0. The number of aliphatic hydroxyl groups is 1. The minimum Gasteiger partial charge on any atom is -0.394 e. The Morgan fingerprint density at radius 2 is 2.21 bits per heavy atom. The maximum absolute atomic E-state index is 13.0. The number of carbonyl (C=O) groups is 1. The Labute approximate surface area is 163 Å². The lowest BCUT2D eigenvalue weighted by Crippen LogP contribution is -2.43. The molecule has 2 N–H and O–H groups in total. The Morgan fingerprint density at radius 1 is 1.39 bits per heavy atom. The van der Waals surface area contributed by atoms with Crippen LogP contribution in [0.25, 0.3) is 16.8 Å². The highest BCUT2D eigenvalue weighted by Gasteiger charge is 2.27. The van der Waals surface area contributed by atoms with Crippen molar-refractivity contribution in [1.82, 2.24) is 24.5 Å². The molecule has 0 aromatic carbocycles. The standard InChI is InChI=1S/C20H25N5O3/c1-12-17(13(2)24(3)23-12)18-16-6-4-5-8-25(16)19(22-18)20(27)21-14-7-9-28-15(10-14)11-26/h4-6,8,14-15,26H,7,9-11H2,1-3H3,(H,21,27). The summed E-state index contributed by atoms with van der Waals surface area (Å²) in [5, 5.41) is 16.9. The molecule has 3 aromatic heterocycles. The van der Waals surface area contributed by atoms with Crippen LogP contribution in [0.2, 0.25) is 0 Å². The molecule has 2 atom stereocenters. The molecule has 8 nitrogen and oxygen atoms in total. The Balaban J connectivity index is 1.71. The molecule has 0 spiro atoms. The molecule has 0 saturated carbocycles. The average Bonchev–Trinajstić information content (AvgIpc) is 3.19. The van der Waals surface area contributed by atoms with E-state index in [0.717, 1.165) is 34.6 Å². The Morgan fingerprint density at radius 3 is 2.93 bits per heavy atom. The van der Waals surface area contributed by atoms with Gasteiger partial charge in [-0.25, -0.2) is 4.98 Å². The molecule has 148 valence electrons. The first kappa shape index (κ1) is 18.6. The van der Waals surface area contributed by atoms with Crippen LogP contribution in [0.15, 0.2) is 24.4 Å². The summed E-state index contributed by atoms with van der Waals surface area (Å²) in [4.78, 5) is 17.7. The summed E-state index contributed by atoms with van der Waals surface area (Å²) in [7, 11) is 1.90. The third kappa shape index (κ3) is 3.18. The predicted molar refractivity (Wildman–Crippen MR) is 104 cm³/mol. The normalized spacial score (nSPS) is 19.9. The summed E-state index contributed by atoms with van der Waals surface area (Å²) in [6.45, 7) is 4.44. The number of carbonyl (C=O) groups excluding carboxylic acids is 1.